The van der Waals surface area contributed by atoms with Crippen LogP contribution in [0.15, 0.2) is 53.1 Å². The maximum Gasteiger partial charge on any atom is 0.226 e. The highest BCUT2D eigenvalue weighted by Crippen LogP contribution is 2.28. The van der Waals surface area contributed by atoms with Crippen LogP contribution in [0.4, 0.5) is 0 Å². The predicted molar refractivity (Wildman–Crippen MR) is 113 cm³/mol. The first kappa shape index (κ1) is 17.9. The van der Waals surface area contributed by atoms with E-state index in [1.165, 1.54) is 56.0 Å². The molecule has 2 fully saturated rings. The molecule has 28 heavy (non-hydrogen) atoms. The predicted octanol–water partition coefficient (Wildman–Crippen LogP) is 4.95. The molecule has 4 heteroatoms. The summed E-state index contributed by atoms with van der Waals surface area (Å²) in [5.74, 6) is 0.729. The van der Waals surface area contributed by atoms with E-state index in [0.717, 1.165) is 42.8 Å². The number of nitrogens with zero attached hydrogens (tertiary/aromatic N) is 3. The Hall–Kier alpha value is -2.17. The van der Waals surface area contributed by atoms with Crippen LogP contribution in [0, 0.1) is 0 Å². The quantitative estimate of drug-likeness (QED) is 0.646. The zero-order chi connectivity index (χ0) is 18.8. The van der Waals surface area contributed by atoms with Crippen molar-refractivity contribution < 1.29 is 4.42 Å². The summed E-state index contributed by atoms with van der Waals surface area (Å²) in [6.45, 7) is 5.53. The zero-order valence-electron chi connectivity index (χ0n) is 16.5. The molecule has 0 atom stereocenters. The van der Waals surface area contributed by atoms with Crippen molar-refractivity contribution >= 4 is 10.8 Å². The molecule has 1 aromatic heterocycles. The van der Waals surface area contributed by atoms with Crippen molar-refractivity contribution in [3.05, 3.63) is 54.4 Å². The largest absolute Gasteiger partial charge is 0.444 e. The van der Waals surface area contributed by atoms with Crippen LogP contribution in [0.1, 0.15) is 37.8 Å². The van der Waals surface area contributed by atoms with Crippen molar-refractivity contribution in [2.24, 2.45) is 0 Å². The van der Waals surface area contributed by atoms with E-state index in [-0.39, 0.29) is 0 Å². The van der Waals surface area contributed by atoms with Crippen LogP contribution in [0.5, 0.6) is 0 Å². The molecule has 1 saturated carbocycles. The fourth-order valence-corrected chi connectivity index (χ4v) is 4.88. The molecule has 5 rings (SSSR count). The summed E-state index contributed by atoms with van der Waals surface area (Å²) >= 11 is 0. The van der Waals surface area contributed by atoms with Gasteiger partial charge in [-0.3, -0.25) is 9.80 Å². The van der Waals surface area contributed by atoms with Gasteiger partial charge >= 0.3 is 0 Å². The van der Waals surface area contributed by atoms with Gasteiger partial charge in [0.15, 0.2) is 0 Å². The first-order chi connectivity index (χ1) is 13.9. The van der Waals surface area contributed by atoms with Gasteiger partial charge in [-0.15, -0.1) is 0 Å². The van der Waals surface area contributed by atoms with Gasteiger partial charge in [0.1, 0.15) is 6.26 Å². The molecular formula is C24H29N3O. The second-order valence-electron chi connectivity index (χ2n) is 8.27. The Kier molecular flexibility index (Phi) is 5.15. The van der Waals surface area contributed by atoms with E-state index in [1.54, 1.807) is 0 Å². The second-order valence-corrected chi connectivity index (χ2v) is 8.27. The highest BCUT2D eigenvalue weighted by Gasteiger charge is 2.25. The lowest BCUT2D eigenvalue weighted by Crippen LogP contribution is -2.50. The van der Waals surface area contributed by atoms with Crippen molar-refractivity contribution in [3.8, 4) is 11.5 Å². The molecule has 1 aliphatic heterocycles. The van der Waals surface area contributed by atoms with Crippen LogP contribution in [0.3, 0.4) is 0 Å². The maximum absolute atomic E-state index is 5.87. The first-order valence-electron chi connectivity index (χ1n) is 10.8. The first-order valence-corrected chi connectivity index (χ1v) is 10.8. The molecule has 0 bridgehead atoms. The second kappa shape index (κ2) is 8.06. The minimum atomic E-state index is 0.729. The van der Waals surface area contributed by atoms with E-state index >= 15 is 0 Å². The molecular weight excluding hydrogens is 346 g/mol. The summed E-state index contributed by atoms with van der Waals surface area (Å²) in [4.78, 5) is 10.1. The Labute approximate surface area is 167 Å². The third-order valence-electron chi connectivity index (χ3n) is 6.46. The maximum atomic E-state index is 5.87. The molecule has 2 aromatic carbocycles. The minimum Gasteiger partial charge on any atom is -0.444 e. The van der Waals surface area contributed by atoms with Gasteiger partial charge in [-0.2, -0.15) is 0 Å². The van der Waals surface area contributed by atoms with Crippen molar-refractivity contribution in [1.82, 2.24) is 14.8 Å². The number of benzene rings is 2. The van der Waals surface area contributed by atoms with E-state index in [9.17, 15) is 0 Å². The van der Waals surface area contributed by atoms with Crippen LogP contribution in [-0.2, 0) is 6.54 Å². The third-order valence-corrected chi connectivity index (χ3v) is 6.46. The highest BCUT2D eigenvalue weighted by atomic mass is 16.3. The molecule has 0 radical (unpaired) electrons. The smallest absolute Gasteiger partial charge is 0.226 e. The molecule has 146 valence electrons. The monoisotopic (exact) mass is 375 g/mol. The molecule has 0 amide bonds. The summed E-state index contributed by atoms with van der Waals surface area (Å²) in [6, 6.07) is 15.6. The van der Waals surface area contributed by atoms with Crippen LogP contribution in [0.25, 0.3) is 22.2 Å². The lowest BCUT2D eigenvalue weighted by molar-refractivity contribution is 0.0749. The zero-order valence-corrected chi connectivity index (χ0v) is 16.5. The number of oxazole rings is 1. The number of hydrogen-bond acceptors (Lipinski definition) is 4. The van der Waals surface area contributed by atoms with Crippen molar-refractivity contribution in [2.45, 2.75) is 44.7 Å². The normalized spacial score (nSPS) is 20.0. The Morgan fingerprint density at radius 3 is 2.54 bits per heavy atom. The third kappa shape index (κ3) is 3.71. The molecule has 4 nitrogen and oxygen atoms in total. The topological polar surface area (TPSA) is 32.5 Å². The molecule has 3 aromatic rings. The van der Waals surface area contributed by atoms with Gasteiger partial charge in [0, 0.05) is 44.3 Å². The van der Waals surface area contributed by atoms with Crippen LogP contribution in [-0.4, -0.2) is 47.0 Å². The fraction of sp³-hybridized carbons (Fsp3) is 0.458. The molecule has 1 saturated heterocycles. The van der Waals surface area contributed by atoms with Crippen molar-refractivity contribution in [1.29, 1.82) is 0 Å². The molecule has 0 N–H and O–H groups in total. The fourth-order valence-electron chi connectivity index (χ4n) is 4.88. The average molecular weight is 376 g/mol. The highest BCUT2D eigenvalue weighted by molar-refractivity contribution is 5.94. The van der Waals surface area contributed by atoms with Crippen LogP contribution in [0.2, 0.25) is 0 Å². The SMILES string of the molecule is c1ccc2c(-c3nc(CN4CCN(C5CCCCC5)CC4)co3)cccc2c1. The summed E-state index contributed by atoms with van der Waals surface area (Å²) in [5.41, 5.74) is 2.11. The standard InChI is InChI=1S/C24H29N3O/c1-2-9-21(10-3-1)27-15-13-26(14-16-27)17-20-18-28-24(25-20)23-12-6-8-19-7-4-5-11-22(19)23/h4-8,11-12,18,21H,1-3,9-10,13-17H2. The summed E-state index contributed by atoms with van der Waals surface area (Å²) < 4.78 is 5.87. The lowest BCUT2D eigenvalue weighted by atomic mass is 9.94. The van der Waals surface area contributed by atoms with E-state index in [4.69, 9.17) is 9.40 Å². The van der Waals surface area contributed by atoms with E-state index < -0.39 is 0 Å². The average Bonchev–Trinajstić information content (AvgIpc) is 3.23. The van der Waals surface area contributed by atoms with Crippen molar-refractivity contribution in [3.63, 3.8) is 0 Å². The minimum absolute atomic E-state index is 0.729. The van der Waals surface area contributed by atoms with Gasteiger partial charge in [0.2, 0.25) is 5.89 Å². The Morgan fingerprint density at radius 1 is 0.893 bits per heavy atom. The van der Waals surface area contributed by atoms with Crippen LogP contribution < -0.4 is 0 Å². The Balaban J connectivity index is 1.24. The number of piperazine rings is 1. The molecule has 2 aliphatic rings. The van der Waals surface area contributed by atoms with Gasteiger partial charge in [-0.1, -0.05) is 55.7 Å². The van der Waals surface area contributed by atoms with E-state index in [2.05, 4.69) is 52.3 Å². The van der Waals surface area contributed by atoms with Crippen molar-refractivity contribution in [2.75, 3.05) is 26.2 Å². The summed E-state index contributed by atoms with van der Waals surface area (Å²) in [6.07, 6.45) is 8.91. The van der Waals surface area contributed by atoms with Gasteiger partial charge < -0.3 is 4.42 Å². The molecule has 0 unspecified atom stereocenters. The molecule has 0 spiro atoms. The Morgan fingerprint density at radius 2 is 1.68 bits per heavy atom. The van der Waals surface area contributed by atoms with Gasteiger partial charge in [-0.25, -0.2) is 4.98 Å². The number of rotatable bonds is 4. The van der Waals surface area contributed by atoms with E-state index in [0.29, 0.717) is 0 Å². The van der Waals surface area contributed by atoms with Gasteiger partial charge in [0.05, 0.1) is 5.69 Å². The summed E-state index contributed by atoms with van der Waals surface area (Å²) in [7, 11) is 0. The number of fused-ring (bicyclic) bond motifs is 1. The molecule has 1 aliphatic carbocycles. The Bertz CT molecular complexity index is 915. The van der Waals surface area contributed by atoms with Gasteiger partial charge in [-0.05, 0) is 29.7 Å². The molecule has 2 heterocycles. The number of aromatic nitrogens is 1. The van der Waals surface area contributed by atoms with E-state index in [1.807, 2.05) is 6.26 Å². The summed E-state index contributed by atoms with van der Waals surface area (Å²) in [5, 5.41) is 2.41. The number of hydrogen-bond donors (Lipinski definition) is 0. The lowest BCUT2D eigenvalue weighted by Gasteiger charge is -2.40. The van der Waals surface area contributed by atoms with Gasteiger partial charge in [0.25, 0.3) is 0 Å². The van der Waals surface area contributed by atoms with Crippen LogP contribution >= 0.6 is 0 Å².